The molecule has 0 spiro atoms. The number of hydrogen-bond donors (Lipinski definition) is 1. The van der Waals surface area contributed by atoms with Crippen LogP contribution in [0.25, 0.3) is 0 Å². The van der Waals surface area contributed by atoms with Crippen LogP contribution < -0.4 is 4.74 Å². The van der Waals surface area contributed by atoms with Crippen LogP contribution in [0.5, 0.6) is 5.75 Å². The van der Waals surface area contributed by atoms with Crippen molar-refractivity contribution in [1.82, 2.24) is 0 Å². The molecular weight excluding hydrogens is 461 g/mol. The first-order valence-electron chi connectivity index (χ1n) is 13.5. The zero-order chi connectivity index (χ0) is 25.7. The number of aryl methyl sites for hydroxylation is 1. The van der Waals surface area contributed by atoms with Crippen molar-refractivity contribution in [3.63, 3.8) is 0 Å². The topological polar surface area (TPSA) is 29.5 Å². The summed E-state index contributed by atoms with van der Waals surface area (Å²) in [6.45, 7) is 5.66. The number of aliphatic hydroxyl groups excluding tert-OH is 1. The van der Waals surface area contributed by atoms with Crippen LogP contribution in [0.2, 0.25) is 0 Å². The van der Waals surface area contributed by atoms with Crippen molar-refractivity contribution in [3.8, 4) is 5.75 Å². The van der Waals surface area contributed by atoms with Gasteiger partial charge < -0.3 is 9.84 Å². The third-order valence-electron chi connectivity index (χ3n) is 8.52. The van der Waals surface area contributed by atoms with Gasteiger partial charge in [-0.3, -0.25) is 0 Å². The number of benzene rings is 2. The highest BCUT2D eigenvalue weighted by atomic mass is 19.2. The molecule has 2 fully saturated rings. The van der Waals surface area contributed by atoms with Gasteiger partial charge in [-0.1, -0.05) is 30.9 Å². The van der Waals surface area contributed by atoms with E-state index in [0.717, 1.165) is 69.8 Å². The zero-order valence-corrected chi connectivity index (χ0v) is 21.3. The van der Waals surface area contributed by atoms with Crippen molar-refractivity contribution >= 4 is 0 Å². The molecule has 0 aromatic heterocycles. The highest BCUT2D eigenvalue weighted by molar-refractivity contribution is 5.32. The minimum absolute atomic E-state index is 0.0340. The van der Waals surface area contributed by atoms with Gasteiger partial charge in [-0.15, -0.1) is 0 Å². The lowest BCUT2D eigenvalue weighted by Crippen LogP contribution is -2.23. The highest BCUT2D eigenvalue weighted by Crippen LogP contribution is 2.42. The summed E-state index contributed by atoms with van der Waals surface area (Å²) in [5, 5.41) is 9.81. The van der Waals surface area contributed by atoms with Crippen molar-refractivity contribution in [2.45, 2.75) is 89.1 Å². The lowest BCUT2D eigenvalue weighted by atomic mass is 9.74. The second kappa shape index (κ2) is 12.3. The molecule has 2 nitrogen and oxygen atoms in total. The molecule has 0 bridgehead atoms. The zero-order valence-electron chi connectivity index (χ0n) is 21.3. The summed E-state index contributed by atoms with van der Waals surface area (Å²) in [7, 11) is 0. The summed E-state index contributed by atoms with van der Waals surface area (Å²) in [5.41, 5.74) is 1.97. The average molecular weight is 501 g/mol. The minimum atomic E-state index is -0.669. The van der Waals surface area contributed by atoms with Crippen LogP contribution in [0, 0.1) is 29.3 Å². The largest absolute Gasteiger partial charge is 0.486 e. The standard InChI is InChI=1S/C31H39F3O2/c1-3-18-36-29-17-8-22(19-28(29)32)5-4-21-6-9-24(10-7-21)26-15-16-27(31(34)30(26)33)25-13-11-23(12-14-25)20(2)35/h3,8,15-17,19-21,23-25,35H,1,4-7,9-14,18H2,2H3. The van der Waals surface area contributed by atoms with Crippen molar-refractivity contribution in [2.75, 3.05) is 6.61 Å². The lowest BCUT2D eigenvalue weighted by molar-refractivity contribution is 0.0963. The van der Waals surface area contributed by atoms with Gasteiger partial charge in [0.2, 0.25) is 0 Å². The molecule has 2 aromatic rings. The first-order chi connectivity index (χ1) is 17.4. The Hall–Kier alpha value is -2.27. The van der Waals surface area contributed by atoms with Crippen molar-refractivity contribution in [1.29, 1.82) is 0 Å². The van der Waals surface area contributed by atoms with Crippen molar-refractivity contribution in [3.05, 3.63) is 77.1 Å². The van der Waals surface area contributed by atoms with Crippen LogP contribution in [-0.4, -0.2) is 17.8 Å². The lowest BCUT2D eigenvalue weighted by Gasteiger charge is -2.32. The molecule has 2 aliphatic rings. The van der Waals surface area contributed by atoms with Gasteiger partial charge in [0.05, 0.1) is 6.10 Å². The van der Waals surface area contributed by atoms with Gasteiger partial charge in [-0.25, -0.2) is 13.2 Å². The van der Waals surface area contributed by atoms with Crippen LogP contribution in [-0.2, 0) is 6.42 Å². The van der Waals surface area contributed by atoms with Gasteiger partial charge in [0, 0.05) is 0 Å². The van der Waals surface area contributed by atoms with Crippen LogP contribution >= 0.6 is 0 Å². The van der Waals surface area contributed by atoms with E-state index in [9.17, 15) is 9.50 Å². The molecule has 0 heterocycles. The van der Waals surface area contributed by atoms with Gasteiger partial charge >= 0.3 is 0 Å². The summed E-state index contributed by atoms with van der Waals surface area (Å²) in [6, 6.07) is 8.75. The molecule has 196 valence electrons. The Balaban J connectivity index is 1.29. The normalized spacial score (nSPS) is 25.4. The van der Waals surface area contributed by atoms with E-state index in [-0.39, 0.29) is 42.0 Å². The van der Waals surface area contributed by atoms with E-state index in [1.807, 2.05) is 25.1 Å². The predicted octanol–water partition coefficient (Wildman–Crippen LogP) is 8.23. The van der Waals surface area contributed by atoms with Gasteiger partial charge in [-0.2, -0.15) is 0 Å². The van der Waals surface area contributed by atoms with Gasteiger partial charge in [0.25, 0.3) is 0 Å². The number of ether oxygens (including phenoxy) is 1. The number of hydrogen-bond acceptors (Lipinski definition) is 2. The van der Waals surface area contributed by atoms with Crippen LogP contribution in [0.4, 0.5) is 13.2 Å². The molecule has 5 heteroatoms. The molecule has 0 aliphatic heterocycles. The summed E-state index contributed by atoms with van der Waals surface area (Å²) < 4.78 is 49.8. The molecule has 1 N–H and O–H groups in total. The first-order valence-corrected chi connectivity index (χ1v) is 13.5. The Morgan fingerprint density at radius 1 is 0.917 bits per heavy atom. The number of halogens is 3. The van der Waals surface area contributed by atoms with E-state index < -0.39 is 11.6 Å². The second-order valence-electron chi connectivity index (χ2n) is 10.8. The molecule has 2 aromatic carbocycles. The average Bonchev–Trinajstić information content (AvgIpc) is 2.89. The fourth-order valence-corrected chi connectivity index (χ4v) is 6.22. The smallest absolute Gasteiger partial charge is 0.165 e. The summed E-state index contributed by atoms with van der Waals surface area (Å²) in [5.74, 6) is -0.584. The maximum Gasteiger partial charge on any atom is 0.165 e. The molecule has 4 rings (SSSR count). The molecule has 0 radical (unpaired) electrons. The first kappa shape index (κ1) is 26.8. The van der Waals surface area contributed by atoms with Gasteiger partial charge in [0.1, 0.15) is 6.61 Å². The Kier molecular flexibility index (Phi) is 9.16. The van der Waals surface area contributed by atoms with Crippen LogP contribution in [0.3, 0.4) is 0 Å². The second-order valence-corrected chi connectivity index (χ2v) is 10.8. The molecular formula is C31H39F3O2. The predicted molar refractivity (Wildman–Crippen MR) is 138 cm³/mol. The van der Waals surface area contributed by atoms with E-state index in [2.05, 4.69) is 6.58 Å². The van der Waals surface area contributed by atoms with E-state index >= 15 is 8.78 Å². The summed E-state index contributed by atoms with van der Waals surface area (Å²) >= 11 is 0. The fraction of sp³-hybridized carbons (Fsp3) is 0.548. The van der Waals surface area contributed by atoms with Crippen molar-refractivity contribution in [2.24, 2.45) is 11.8 Å². The Labute approximate surface area is 213 Å². The summed E-state index contributed by atoms with van der Waals surface area (Å²) in [4.78, 5) is 0. The van der Waals surface area contributed by atoms with Gasteiger partial charge in [-0.05, 0) is 124 Å². The van der Waals surface area contributed by atoms with E-state index in [4.69, 9.17) is 4.74 Å². The molecule has 36 heavy (non-hydrogen) atoms. The fourth-order valence-electron chi connectivity index (χ4n) is 6.22. The van der Waals surface area contributed by atoms with Crippen LogP contribution in [0.1, 0.15) is 93.2 Å². The SMILES string of the molecule is C=CCOc1ccc(CCC2CCC(c3ccc(C4CCC(C(C)O)CC4)c(F)c3F)CC2)cc1F. The molecule has 2 aliphatic carbocycles. The third-order valence-corrected chi connectivity index (χ3v) is 8.52. The Morgan fingerprint density at radius 2 is 1.50 bits per heavy atom. The van der Waals surface area contributed by atoms with E-state index in [1.165, 1.54) is 0 Å². The Bertz CT molecular complexity index is 1020. The highest BCUT2D eigenvalue weighted by Gasteiger charge is 2.30. The summed E-state index contributed by atoms with van der Waals surface area (Å²) in [6.07, 6.45) is 9.95. The maximum absolute atomic E-state index is 15.2. The molecule has 0 amide bonds. The Morgan fingerprint density at radius 3 is 2.03 bits per heavy atom. The third kappa shape index (κ3) is 6.34. The molecule has 1 atom stereocenters. The minimum Gasteiger partial charge on any atom is -0.486 e. The number of aliphatic hydroxyl groups is 1. The molecule has 0 saturated heterocycles. The molecule has 2 saturated carbocycles. The maximum atomic E-state index is 15.2. The monoisotopic (exact) mass is 500 g/mol. The molecule has 1 unspecified atom stereocenters. The quantitative estimate of drug-likeness (QED) is 0.351. The van der Waals surface area contributed by atoms with Crippen LogP contribution in [0.15, 0.2) is 43.0 Å². The van der Waals surface area contributed by atoms with E-state index in [0.29, 0.717) is 17.0 Å². The van der Waals surface area contributed by atoms with Gasteiger partial charge in [0.15, 0.2) is 23.2 Å². The number of rotatable bonds is 9. The van der Waals surface area contributed by atoms with Crippen molar-refractivity contribution < 1.29 is 23.0 Å². The van der Waals surface area contributed by atoms with E-state index in [1.54, 1.807) is 18.2 Å².